The molecule has 4 aromatic rings. The molecule has 0 saturated carbocycles. The highest BCUT2D eigenvalue weighted by Gasteiger charge is 2.22. The quantitative estimate of drug-likeness (QED) is 0.547. The Bertz CT molecular complexity index is 990. The van der Waals surface area contributed by atoms with Crippen molar-refractivity contribution in [3.63, 3.8) is 0 Å². The Balaban J connectivity index is 1.77. The molecule has 0 aliphatic rings. The molecular weight excluding hydrogens is 312 g/mol. The molecule has 0 unspecified atom stereocenters. The molecule has 4 rings (SSSR count). The van der Waals surface area contributed by atoms with Crippen LogP contribution in [-0.2, 0) is 6.54 Å². The number of aromatic nitrogens is 1. The van der Waals surface area contributed by atoms with Gasteiger partial charge in [-0.15, -0.1) is 0 Å². The largest absolute Gasteiger partial charge is 0.459 e. The van der Waals surface area contributed by atoms with E-state index in [4.69, 9.17) is 4.42 Å². The third kappa shape index (κ3) is 3.02. The molecule has 2 aromatic heterocycles. The van der Waals surface area contributed by atoms with Crippen LogP contribution in [0.4, 0.5) is 5.82 Å². The van der Waals surface area contributed by atoms with Crippen LogP contribution in [0.3, 0.4) is 0 Å². The van der Waals surface area contributed by atoms with Crippen molar-refractivity contribution in [2.45, 2.75) is 6.54 Å². The minimum atomic E-state index is -0.211. The van der Waals surface area contributed by atoms with Crippen LogP contribution in [0.15, 0.2) is 89.7 Å². The monoisotopic (exact) mass is 328 g/mol. The third-order valence-electron chi connectivity index (χ3n) is 4.11. The van der Waals surface area contributed by atoms with Crippen LogP contribution in [0, 0.1) is 0 Å². The average molecular weight is 328 g/mol. The SMILES string of the molecule is O=C(c1ccco1)N(Cc1cccc2ccccc12)c1ccccn1. The molecule has 0 radical (unpaired) electrons. The van der Waals surface area contributed by atoms with Crippen LogP contribution in [0.5, 0.6) is 0 Å². The molecular formula is C21H16N2O2. The molecule has 0 bridgehead atoms. The van der Waals surface area contributed by atoms with E-state index < -0.39 is 0 Å². The molecule has 0 N–H and O–H groups in total. The number of anilines is 1. The lowest BCUT2D eigenvalue weighted by molar-refractivity contribution is 0.0957. The molecule has 0 aliphatic carbocycles. The van der Waals surface area contributed by atoms with Crippen LogP contribution < -0.4 is 4.90 Å². The summed E-state index contributed by atoms with van der Waals surface area (Å²) in [5, 5.41) is 2.27. The summed E-state index contributed by atoms with van der Waals surface area (Å²) >= 11 is 0. The van der Waals surface area contributed by atoms with Crippen LogP contribution in [0.2, 0.25) is 0 Å². The van der Waals surface area contributed by atoms with Gasteiger partial charge in [0.25, 0.3) is 5.91 Å². The maximum Gasteiger partial charge on any atom is 0.295 e. The van der Waals surface area contributed by atoms with E-state index in [-0.39, 0.29) is 5.91 Å². The van der Waals surface area contributed by atoms with Gasteiger partial charge < -0.3 is 4.42 Å². The van der Waals surface area contributed by atoms with Crippen molar-refractivity contribution < 1.29 is 9.21 Å². The predicted molar refractivity (Wildman–Crippen MR) is 97.4 cm³/mol. The summed E-state index contributed by atoms with van der Waals surface area (Å²) in [5.74, 6) is 0.680. The molecule has 2 aromatic carbocycles. The van der Waals surface area contributed by atoms with Gasteiger partial charge in [0, 0.05) is 6.20 Å². The number of furan rings is 1. The fraction of sp³-hybridized carbons (Fsp3) is 0.0476. The summed E-state index contributed by atoms with van der Waals surface area (Å²) in [6, 6.07) is 23.2. The lowest BCUT2D eigenvalue weighted by Gasteiger charge is -2.21. The topological polar surface area (TPSA) is 46.3 Å². The Morgan fingerprint density at radius 1 is 0.920 bits per heavy atom. The maximum atomic E-state index is 12.9. The van der Waals surface area contributed by atoms with Crippen LogP contribution in [0.25, 0.3) is 10.8 Å². The van der Waals surface area contributed by atoms with Crippen molar-refractivity contribution >= 4 is 22.5 Å². The number of amides is 1. The van der Waals surface area contributed by atoms with Crippen molar-refractivity contribution in [2.75, 3.05) is 4.90 Å². The van der Waals surface area contributed by atoms with E-state index in [1.54, 1.807) is 23.2 Å². The van der Waals surface area contributed by atoms with Gasteiger partial charge in [0.15, 0.2) is 5.76 Å². The minimum absolute atomic E-state index is 0.211. The standard InChI is InChI=1S/C21H16N2O2/c24-21(19-11-6-14-25-19)23(20-12-3-4-13-22-20)15-17-9-5-8-16-7-1-2-10-18(16)17/h1-14H,15H2. The molecule has 2 heterocycles. The van der Waals surface area contributed by atoms with Gasteiger partial charge in [-0.1, -0.05) is 48.5 Å². The van der Waals surface area contributed by atoms with Crippen molar-refractivity contribution in [2.24, 2.45) is 0 Å². The van der Waals surface area contributed by atoms with Gasteiger partial charge in [0.1, 0.15) is 5.82 Å². The molecule has 0 atom stereocenters. The van der Waals surface area contributed by atoms with Gasteiger partial charge in [-0.2, -0.15) is 0 Å². The van der Waals surface area contributed by atoms with E-state index in [0.717, 1.165) is 16.3 Å². The third-order valence-corrected chi connectivity index (χ3v) is 4.11. The van der Waals surface area contributed by atoms with Crippen molar-refractivity contribution in [1.82, 2.24) is 4.98 Å². The zero-order chi connectivity index (χ0) is 17.1. The average Bonchev–Trinajstić information content (AvgIpc) is 3.21. The minimum Gasteiger partial charge on any atom is -0.459 e. The Labute approximate surface area is 145 Å². The van der Waals surface area contributed by atoms with Gasteiger partial charge in [-0.25, -0.2) is 4.98 Å². The zero-order valence-corrected chi connectivity index (χ0v) is 13.5. The Kier molecular flexibility index (Phi) is 4.01. The Hall–Kier alpha value is -3.40. The fourth-order valence-corrected chi connectivity index (χ4v) is 2.90. The first-order chi connectivity index (χ1) is 12.3. The highest BCUT2D eigenvalue weighted by Crippen LogP contribution is 2.23. The number of hydrogen-bond donors (Lipinski definition) is 0. The van der Waals surface area contributed by atoms with E-state index in [9.17, 15) is 4.79 Å². The van der Waals surface area contributed by atoms with E-state index in [1.807, 2.05) is 42.5 Å². The zero-order valence-electron chi connectivity index (χ0n) is 13.5. The second-order valence-electron chi connectivity index (χ2n) is 5.69. The number of fused-ring (bicyclic) bond motifs is 1. The van der Waals surface area contributed by atoms with E-state index >= 15 is 0 Å². The first kappa shape index (κ1) is 15.1. The summed E-state index contributed by atoms with van der Waals surface area (Å²) in [7, 11) is 0. The van der Waals surface area contributed by atoms with Gasteiger partial charge in [0.05, 0.1) is 12.8 Å². The Morgan fingerprint density at radius 3 is 2.56 bits per heavy atom. The molecule has 122 valence electrons. The van der Waals surface area contributed by atoms with Gasteiger partial charge in [-0.3, -0.25) is 9.69 Å². The molecule has 4 heteroatoms. The number of carbonyl (C=O) groups is 1. The summed E-state index contributed by atoms with van der Waals surface area (Å²) in [5.41, 5.74) is 1.06. The lowest BCUT2D eigenvalue weighted by atomic mass is 10.0. The number of rotatable bonds is 4. The predicted octanol–water partition coefficient (Wildman–Crippen LogP) is 4.67. The molecule has 0 spiro atoms. The van der Waals surface area contributed by atoms with Crippen molar-refractivity contribution in [1.29, 1.82) is 0 Å². The summed E-state index contributed by atoms with van der Waals surface area (Å²) in [4.78, 5) is 18.9. The van der Waals surface area contributed by atoms with E-state index in [1.165, 1.54) is 6.26 Å². The van der Waals surface area contributed by atoms with Crippen molar-refractivity contribution in [3.8, 4) is 0 Å². The van der Waals surface area contributed by atoms with Gasteiger partial charge in [-0.05, 0) is 40.6 Å². The highest BCUT2D eigenvalue weighted by atomic mass is 16.3. The van der Waals surface area contributed by atoms with Gasteiger partial charge in [0.2, 0.25) is 0 Å². The number of hydrogen-bond acceptors (Lipinski definition) is 3. The normalized spacial score (nSPS) is 10.7. The van der Waals surface area contributed by atoms with E-state index in [2.05, 4.69) is 23.2 Å². The second kappa shape index (κ2) is 6.61. The van der Waals surface area contributed by atoms with E-state index in [0.29, 0.717) is 18.1 Å². The summed E-state index contributed by atoms with van der Waals surface area (Å²) in [6.07, 6.45) is 3.18. The van der Waals surface area contributed by atoms with Gasteiger partial charge >= 0.3 is 0 Å². The first-order valence-corrected chi connectivity index (χ1v) is 8.06. The summed E-state index contributed by atoms with van der Waals surface area (Å²) < 4.78 is 5.30. The van der Waals surface area contributed by atoms with Crippen LogP contribution >= 0.6 is 0 Å². The first-order valence-electron chi connectivity index (χ1n) is 8.06. The maximum absolute atomic E-state index is 12.9. The molecule has 0 aliphatic heterocycles. The number of pyridine rings is 1. The molecule has 0 fully saturated rings. The number of carbonyl (C=O) groups excluding carboxylic acids is 1. The second-order valence-corrected chi connectivity index (χ2v) is 5.69. The molecule has 4 nitrogen and oxygen atoms in total. The smallest absolute Gasteiger partial charge is 0.295 e. The molecule has 0 saturated heterocycles. The molecule has 1 amide bonds. The van der Waals surface area contributed by atoms with Crippen LogP contribution in [0.1, 0.15) is 16.1 Å². The number of benzene rings is 2. The van der Waals surface area contributed by atoms with Crippen LogP contribution in [-0.4, -0.2) is 10.9 Å². The molecule has 25 heavy (non-hydrogen) atoms. The lowest BCUT2D eigenvalue weighted by Crippen LogP contribution is -2.30. The highest BCUT2D eigenvalue weighted by molar-refractivity contribution is 6.03. The number of nitrogens with zero attached hydrogens (tertiary/aromatic N) is 2. The summed E-state index contributed by atoms with van der Waals surface area (Å²) in [6.45, 7) is 0.415. The fourth-order valence-electron chi connectivity index (χ4n) is 2.90. The van der Waals surface area contributed by atoms with Crippen molar-refractivity contribution in [3.05, 3.63) is 96.6 Å². The Morgan fingerprint density at radius 2 is 1.76 bits per heavy atom.